The predicted octanol–water partition coefficient (Wildman–Crippen LogP) is 5.18. The molecule has 1 N–H and O–H groups in total. The summed E-state index contributed by atoms with van der Waals surface area (Å²) in [6.07, 6.45) is 14.3. The number of unbranched alkanes of at least 4 members (excludes halogenated alkanes) is 10. The number of rotatable bonds is 15. The minimum absolute atomic E-state index is 0. The van der Waals surface area contributed by atoms with Crippen molar-refractivity contribution in [1.29, 1.82) is 0 Å². The van der Waals surface area contributed by atoms with Gasteiger partial charge < -0.3 is 5.11 Å². The second kappa shape index (κ2) is 22.0. The molecule has 4 nitrogen and oxygen atoms in total. The van der Waals surface area contributed by atoms with Gasteiger partial charge >= 0.3 is 37.7 Å². The Labute approximate surface area is 203 Å². The average Bonchev–Trinajstić information content (AvgIpc) is 2.68. The van der Waals surface area contributed by atoms with Gasteiger partial charge in [0, 0.05) is 6.61 Å². The van der Waals surface area contributed by atoms with E-state index in [9.17, 15) is 8.42 Å². The second-order valence-electron chi connectivity index (χ2n) is 6.85. The van der Waals surface area contributed by atoms with E-state index in [0.29, 0.717) is 6.61 Å². The summed E-state index contributed by atoms with van der Waals surface area (Å²) in [6, 6.07) is 8.33. The summed E-state index contributed by atoms with van der Waals surface area (Å²) in [5.74, 6) is 0. The van der Waals surface area contributed by atoms with Crippen LogP contribution in [0.4, 0.5) is 0 Å². The average molecular weight is 443 g/mol. The van der Waals surface area contributed by atoms with Gasteiger partial charge in [0.2, 0.25) is 0 Å². The fourth-order valence-electron chi connectivity index (χ4n) is 2.57. The molecule has 6 heteroatoms. The molecule has 0 heterocycles. The molecule has 0 aliphatic rings. The Balaban J connectivity index is 0. The van der Waals surface area contributed by atoms with Crippen molar-refractivity contribution in [2.45, 2.75) is 95.8 Å². The van der Waals surface area contributed by atoms with Crippen LogP contribution in [-0.2, 0) is 14.3 Å². The van der Waals surface area contributed by atoms with E-state index in [4.69, 9.17) is 9.29 Å². The predicted molar refractivity (Wildman–Crippen MR) is 122 cm³/mol. The normalized spacial score (nSPS) is 10.7. The van der Waals surface area contributed by atoms with E-state index in [0.717, 1.165) is 25.7 Å². The third kappa shape index (κ3) is 18.4. The molecule has 0 bridgehead atoms. The fraction of sp³-hybridized carbons (Fsp3) is 0.727. The quantitative estimate of drug-likeness (QED) is 0.231. The zero-order valence-corrected chi connectivity index (χ0v) is 18.2. The Morgan fingerprint density at radius 2 is 1.21 bits per heavy atom. The van der Waals surface area contributed by atoms with Crippen molar-refractivity contribution < 1.29 is 17.7 Å². The Kier molecular flexibility index (Phi) is 24.0. The molecule has 28 heavy (non-hydrogen) atoms. The maximum absolute atomic E-state index is 11.9. The molecule has 1 rings (SSSR count). The second-order valence-corrected chi connectivity index (χ2v) is 8.46. The van der Waals surface area contributed by atoms with Crippen LogP contribution in [-0.4, -0.2) is 64.5 Å². The topological polar surface area (TPSA) is 63.6 Å². The minimum atomic E-state index is -3.57. The monoisotopic (exact) mass is 442 g/mol. The van der Waals surface area contributed by atoms with Crippen LogP contribution in [0.3, 0.4) is 0 Å². The van der Waals surface area contributed by atoms with Crippen molar-refractivity contribution in [2.24, 2.45) is 0 Å². The fourth-order valence-corrected chi connectivity index (χ4v) is 3.54. The summed E-state index contributed by atoms with van der Waals surface area (Å²) in [7, 11) is -3.57. The van der Waals surface area contributed by atoms with Gasteiger partial charge in [0.25, 0.3) is 10.1 Å². The van der Waals surface area contributed by atoms with E-state index >= 15 is 0 Å². The van der Waals surface area contributed by atoms with Crippen molar-refractivity contribution in [3.8, 4) is 0 Å². The molecule has 0 fully saturated rings. The molecule has 1 aromatic rings. The molecule has 0 aromatic heterocycles. The molecule has 0 aliphatic carbocycles. The van der Waals surface area contributed by atoms with Gasteiger partial charge in [-0.2, -0.15) is 8.42 Å². The molecular weight excluding hydrogens is 400 g/mol. The molecule has 0 radical (unpaired) electrons. The summed E-state index contributed by atoms with van der Waals surface area (Å²) in [5, 5.41) is 8.07. The van der Waals surface area contributed by atoms with Gasteiger partial charge in [0.05, 0.1) is 11.5 Å². The van der Waals surface area contributed by atoms with E-state index in [1.165, 1.54) is 51.4 Å². The Morgan fingerprint density at radius 1 is 0.750 bits per heavy atom. The van der Waals surface area contributed by atoms with Gasteiger partial charge in [-0.15, -0.1) is 0 Å². The zero-order valence-electron chi connectivity index (χ0n) is 17.4. The number of hydrogen-bond acceptors (Lipinski definition) is 4. The molecule has 0 saturated carbocycles. The first-order valence-corrected chi connectivity index (χ1v) is 12.0. The number of aliphatic hydroxyl groups excluding tert-OH is 1. The number of hydrogen-bond donors (Lipinski definition) is 1. The molecule has 0 aliphatic heterocycles. The van der Waals surface area contributed by atoms with Crippen LogP contribution in [0.15, 0.2) is 35.2 Å². The third-order valence-electron chi connectivity index (χ3n) is 4.28. The Bertz CT molecular complexity index is 519. The molecule has 0 amide bonds. The summed E-state index contributed by atoms with van der Waals surface area (Å²) < 4.78 is 28.8. The van der Waals surface area contributed by atoms with Crippen molar-refractivity contribution in [3.05, 3.63) is 30.3 Å². The summed E-state index contributed by atoms with van der Waals surface area (Å²) in [6.45, 7) is 4.92. The zero-order chi connectivity index (χ0) is 20.2. The number of benzene rings is 1. The van der Waals surface area contributed by atoms with Crippen LogP contribution in [0.2, 0.25) is 0 Å². The van der Waals surface area contributed by atoms with Gasteiger partial charge in [-0.1, -0.05) is 96.3 Å². The molecular formula is C22H42CaO4S. The summed E-state index contributed by atoms with van der Waals surface area (Å²) in [4.78, 5) is 0.238. The Hall–Kier alpha value is 0.350. The van der Waals surface area contributed by atoms with E-state index in [1.54, 1.807) is 30.3 Å². The first-order valence-electron chi connectivity index (χ1n) is 10.6. The number of aliphatic hydroxyl groups is 1. The van der Waals surface area contributed by atoms with Crippen LogP contribution in [0.1, 0.15) is 90.9 Å². The van der Waals surface area contributed by atoms with Crippen LogP contribution in [0, 0.1) is 0 Å². The van der Waals surface area contributed by atoms with Crippen molar-refractivity contribution in [3.63, 3.8) is 0 Å². The first-order chi connectivity index (χ1) is 13.1. The van der Waals surface area contributed by atoms with Gasteiger partial charge in [0.1, 0.15) is 0 Å². The third-order valence-corrected chi connectivity index (χ3v) is 5.61. The SMILES string of the molecule is CCCCCCCCCCCCOS(=O)(=O)c1ccccc1.CCCCO.[CaH2]. The van der Waals surface area contributed by atoms with Gasteiger partial charge in [-0.25, -0.2) is 0 Å². The standard InChI is InChI=1S/C18H30O3S.C4H10O.Ca.2H/c1-2-3-4-5-6-7-8-9-10-14-17-21-22(19,20)18-15-12-11-13-16-18;1-2-3-4-5;;;/h11-13,15-16H,2-10,14,17H2,1H3;5H,2-4H2,1H3;;;. The molecule has 0 saturated heterocycles. The van der Waals surface area contributed by atoms with Crippen molar-refractivity contribution in [2.75, 3.05) is 13.2 Å². The van der Waals surface area contributed by atoms with Crippen molar-refractivity contribution >= 4 is 47.9 Å². The maximum atomic E-state index is 11.9. The van der Waals surface area contributed by atoms with E-state index in [1.807, 2.05) is 0 Å². The summed E-state index contributed by atoms with van der Waals surface area (Å²) >= 11 is 0. The van der Waals surface area contributed by atoms with Crippen molar-refractivity contribution in [1.82, 2.24) is 0 Å². The van der Waals surface area contributed by atoms with E-state index in [2.05, 4.69) is 13.8 Å². The van der Waals surface area contributed by atoms with Gasteiger partial charge in [0.15, 0.2) is 0 Å². The van der Waals surface area contributed by atoms with Gasteiger partial charge in [-0.3, -0.25) is 4.18 Å². The van der Waals surface area contributed by atoms with Gasteiger partial charge in [-0.05, 0) is 25.0 Å². The molecule has 162 valence electrons. The van der Waals surface area contributed by atoms with Crippen LogP contribution < -0.4 is 0 Å². The van der Waals surface area contributed by atoms with E-state index in [-0.39, 0.29) is 49.2 Å². The molecule has 0 atom stereocenters. The Morgan fingerprint density at radius 3 is 1.64 bits per heavy atom. The first kappa shape index (κ1) is 30.5. The van der Waals surface area contributed by atoms with Crippen LogP contribution in [0.25, 0.3) is 0 Å². The van der Waals surface area contributed by atoms with Crippen LogP contribution >= 0.6 is 0 Å². The van der Waals surface area contributed by atoms with E-state index < -0.39 is 10.1 Å². The van der Waals surface area contributed by atoms with Crippen LogP contribution in [0.5, 0.6) is 0 Å². The molecule has 0 spiro atoms. The molecule has 0 unspecified atom stereocenters. The summed E-state index contributed by atoms with van der Waals surface area (Å²) in [5.41, 5.74) is 0. The molecule has 1 aromatic carbocycles.